The number of ether oxygens (including phenoxy) is 1. The van der Waals surface area contributed by atoms with Crippen LogP contribution in [0, 0.1) is 0 Å². The van der Waals surface area contributed by atoms with E-state index in [0.29, 0.717) is 18.8 Å². The van der Waals surface area contributed by atoms with Crippen molar-refractivity contribution in [2.75, 3.05) is 38.2 Å². The smallest absolute Gasteiger partial charge is 0.276 e. The van der Waals surface area contributed by atoms with Gasteiger partial charge < -0.3 is 14.5 Å². The predicted octanol–water partition coefficient (Wildman–Crippen LogP) is 2.24. The molecule has 138 valence electrons. The van der Waals surface area contributed by atoms with Crippen molar-refractivity contribution in [1.29, 1.82) is 0 Å². The zero-order chi connectivity index (χ0) is 18.6. The molecule has 0 spiro atoms. The molecule has 1 saturated heterocycles. The molecule has 1 aliphatic heterocycles. The molecule has 7 heteroatoms. The fraction of sp³-hybridized carbons (Fsp3) is 0.250. The third kappa shape index (κ3) is 3.48. The number of aromatic nitrogens is 3. The number of hydrogen-bond acceptors (Lipinski definition) is 5. The molecule has 1 amide bonds. The highest BCUT2D eigenvalue weighted by atomic mass is 16.5. The van der Waals surface area contributed by atoms with E-state index in [4.69, 9.17) is 4.74 Å². The van der Waals surface area contributed by atoms with Crippen LogP contribution in [-0.2, 0) is 0 Å². The number of anilines is 1. The lowest BCUT2D eigenvalue weighted by Crippen LogP contribution is -2.49. The summed E-state index contributed by atoms with van der Waals surface area (Å²) in [5.41, 5.74) is 2.30. The van der Waals surface area contributed by atoms with Gasteiger partial charge in [-0.05, 0) is 24.3 Å². The summed E-state index contributed by atoms with van der Waals surface area (Å²) in [6.45, 7) is 2.77. The second kappa shape index (κ2) is 7.49. The Kier molecular flexibility index (Phi) is 4.74. The lowest BCUT2D eigenvalue weighted by atomic mass is 10.2. The quantitative estimate of drug-likeness (QED) is 0.711. The van der Waals surface area contributed by atoms with Crippen LogP contribution in [0.4, 0.5) is 5.69 Å². The molecule has 0 bridgehead atoms. The molecule has 1 aliphatic rings. The molecule has 0 radical (unpaired) electrons. The van der Waals surface area contributed by atoms with Gasteiger partial charge in [0.15, 0.2) is 5.69 Å². The molecule has 0 unspecified atom stereocenters. The van der Waals surface area contributed by atoms with E-state index in [2.05, 4.69) is 15.2 Å². The van der Waals surface area contributed by atoms with Crippen LogP contribution < -0.4 is 9.64 Å². The van der Waals surface area contributed by atoms with Gasteiger partial charge in [0.2, 0.25) is 0 Å². The zero-order valence-electron chi connectivity index (χ0n) is 15.2. The summed E-state index contributed by atoms with van der Waals surface area (Å²) in [4.78, 5) is 16.8. The summed E-state index contributed by atoms with van der Waals surface area (Å²) in [5.74, 6) is 0.764. The second-order valence-corrected chi connectivity index (χ2v) is 6.33. The molecule has 3 aromatic rings. The van der Waals surface area contributed by atoms with Crippen molar-refractivity contribution in [1.82, 2.24) is 19.9 Å². The van der Waals surface area contributed by atoms with Crippen LogP contribution in [0.2, 0.25) is 0 Å². The molecule has 0 saturated carbocycles. The number of para-hydroxylation sites is 3. The van der Waals surface area contributed by atoms with Crippen LogP contribution >= 0.6 is 0 Å². The van der Waals surface area contributed by atoms with E-state index in [1.807, 2.05) is 59.5 Å². The first-order chi connectivity index (χ1) is 13.3. The highest BCUT2D eigenvalue weighted by Crippen LogP contribution is 2.28. The maximum absolute atomic E-state index is 12.8. The minimum Gasteiger partial charge on any atom is -0.495 e. The van der Waals surface area contributed by atoms with Gasteiger partial charge in [-0.3, -0.25) is 4.79 Å². The van der Waals surface area contributed by atoms with Crippen LogP contribution in [0.5, 0.6) is 5.75 Å². The lowest BCUT2D eigenvalue weighted by Gasteiger charge is -2.36. The van der Waals surface area contributed by atoms with E-state index in [1.165, 1.54) is 0 Å². The number of nitrogens with zero attached hydrogens (tertiary/aromatic N) is 5. The zero-order valence-corrected chi connectivity index (χ0v) is 15.2. The van der Waals surface area contributed by atoms with Gasteiger partial charge in [-0.15, -0.1) is 5.10 Å². The molecule has 0 N–H and O–H groups in total. The predicted molar refractivity (Wildman–Crippen MR) is 102 cm³/mol. The van der Waals surface area contributed by atoms with Gasteiger partial charge in [0, 0.05) is 26.2 Å². The maximum Gasteiger partial charge on any atom is 0.276 e. The van der Waals surface area contributed by atoms with E-state index < -0.39 is 0 Å². The summed E-state index contributed by atoms with van der Waals surface area (Å²) in [6, 6.07) is 17.6. The molecular formula is C20H21N5O2. The average Bonchev–Trinajstić information content (AvgIpc) is 3.24. The van der Waals surface area contributed by atoms with Crippen molar-refractivity contribution in [3.63, 3.8) is 0 Å². The number of rotatable bonds is 4. The number of methoxy groups -OCH3 is 1. The Bertz CT molecular complexity index is 917. The first-order valence-corrected chi connectivity index (χ1v) is 8.91. The molecule has 4 rings (SSSR count). The summed E-state index contributed by atoms with van der Waals surface area (Å²) in [5, 5.41) is 8.14. The SMILES string of the molecule is COc1ccccc1N1CCN(C(=O)c2cn(-c3ccccc3)nn2)CC1. The van der Waals surface area contributed by atoms with Gasteiger partial charge >= 0.3 is 0 Å². The van der Waals surface area contributed by atoms with Crippen molar-refractivity contribution in [3.8, 4) is 11.4 Å². The van der Waals surface area contributed by atoms with Gasteiger partial charge in [0.25, 0.3) is 5.91 Å². The number of benzene rings is 2. The van der Waals surface area contributed by atoms with Crippen LogP contribution in [0.1, 0.15) is 10.5 Å². The normalized spacial score (nSPS) is 14.3. The summed E-state index contributed by atoms with van der Waals surface area (Å²) >= 11 is 0. The summed E-state index contributed by atoms with van der Waals surface area (Å²) < 4.78 is 7.07. The van der Waals surface area contributed by atoms with E-state index in [0.717, 1.165) is 30.2 Å². The van der Waals surface area contributed by atoms with Crippen LogP contribution in [-0.4, -0.2) is 59.1 Å². The number of amides is 1. The summed E-state index contributed by atoms with van der Waals surface area (Å²) in [7, 11) is 1.68. The lowest BCUT2D eigenvalue weighted by molar-refractivity contribution is 0.0740. The van der Waals surface area contributed by atoms with Crippen molar-refractivity contribution in [3.05, 3.63) is 66.5 Å². The van der Waals surface area contributed by atoms with Crippen molar-refractivity contribution >= 4 is 11.6 Å². The van der Waals surface area contributed by atoms with Crippen molar-refractivity contribution in [2.45, 2.75) is 0 Å². The number of carbonyl (C=O) groups excluding carboxylic acids is 1. The fourth-order valence-electron chi connectivity index (χ4n) is 3.27. The first kappa shape index (κ1) is 17.1. The van der Waals surface area contributed by atoms with Gasteiger partial charge in [0.1, 0.15) is 5.75 Å². The van der Waals surface area contributed by atoms with Crippen LogP contribution in [0.3, 0.4) is 0 Å². The van der Waals surface area contributed by atoms with E-state index >= 15 is 0 Å². The average molecular weight is 363 g/mol. The second-order valence-electron chi connectivity index (χ2n) is 6.33. The number of hydrogen-bond donors (Lipinski definition) is 0. The Hall–Kier alpha value is -3.35. The molecule has 1 fully saturated rings. The van der Waals surface area contributed by atoms with Gasteiger partial charge in [-0.2, -0.15) is 0 Å². The minimum absolute atomic E-state index is 0.0862. The summed E-state index contributed by atoms with van der Waals surface area (Å²) in [6.07, 6.45) is 1.68. The molecule has 1 aromatic heterocycles. The number of piperazine rings is 1. The van der Waals surface area contributed by atoms with Crippen molar-refractivity contribution < 1.29 is 9.53 Å². The Morgan fingerprint density at radius 1 is 0.963 bits per heavy atom. The van der Waals surface area contributed by atoms with Crippen molar-refractivity contribution in [2.24, 2.45) is 0 Å². The van der Waals surface area contributed by atoms with Gasteiger partial charge in [-0.25, -0.2) is 4.68 Å². The van der Waals surface area contributed by atoms with Crippen LogP contribution in [0.25, 0.3) is 5.69 Å². The van der Waals surface area contributed by atoms with Crippen LogP contribution in [0.15, 0.2) is 60.8 Å². The Labute approximate surface area is 157 Å². The molecule has 7 nitrogen and oxygen atoms in total. The molecule has 2 aromatic carbocycles. The molecular weight excluding hydrogens is 342 g/mol. The Morgan fingerprint density at radius 3 is 2.41 bits per heavy atom. The topological polar surface area (TPSA) is 63.5 Å². The fourth-order valence-corrected chi connectivity index (χ4v) is 3.27. The Balaban J connectivity index is 1.43. The van der Waals surface area contributed by atoms with E-state index in [-0.39, 0.29) is 5.91 Å². The highest BCUT2D eigenvalue weighted by Gasteiger charge is 2.25. The Morgan fingerprint density at radius 2 is 1.67 bits per heavy atom. The first-order valence-electron chi connectivity index (χ1n) is 8.91. The highest BCUT2D eigenvalue weighted by molar-refractivity contribution is 5.92. The molecule has 2 heterocycles. The molecule has 0 aliphatic carbocycles. The monoisotopic (exact) mass is 363 g/mol. The third-order valence-electron chi connectivity index (χ3n) is 4.73. The number of carbonyl (C=O) groups is 1. The molecule has 27 heavy (non-hydrogen) atoms. The van der Waals surface area contributed by atoms with Gasteiger partial charge in [-0.1, -0.05) is 35.5 Å². The standard InChI is InChI=1S/C20H21N5O2/c1-27-19-10-6-5-9-18(19)23-11-13-24(14-12-23)20(26)17-15-25(22-21-17)16-7-3-2-4-8-16/h2-10,15H,11-14H2,1H3. The third-order valence-corrected chi connectivity index (χ3v) is 4.73. The van der Waals surface area contributed by atoms with E-state index in [1.54, 1.807) is 18.0 Å². The van der Waals surface area contributed by atoms with E-state index in [9.17, 15) is 4.79 Å². The maximum atomic E-state index is 12.8. The van der Waals surface area contributed by atoms with Gasteiger partial charge in [0.05, 0.1) is 24.7 Å². The molecule has 0 atom stereocenters. The minimum atomic E-state index is -0.0862. The largest absolute Gasteiger partial charge is 0.495 e.